The minimum absolute atomic E-state index is 0.0149. The van der Waals surface area contributed by atoms with Crippen molar-refractivity contribution in [2.24, 2.45) is 0 Å². The Labute approximate surface area is 169 Å². The number of methoxy groups -OCH3 is 1. The highest BCUT2D eigenvalue weighted by Gasteiger charge is 2.39. The fraction of sp³-hybridized carbons (Fsp3) is 0.409. The van der Waals surface area contributed by atoms with Crippen LogP contribution in [-0.2, 0) is 19.1 Å². The summed E-state index contributed by atoms with van der Waals surface area (Å²) in [6.45, 7) is 5.10. The van der Waals surface area contributed by atoms with Gasteiger partial charge in [0.15, 0.2) is 17.3 Å². The first-order valence-corrected chi connectivity index (χ1v) is 9.64. The molecule has 0 radical (unpaired) electrons. The topological polar surface area (TPSA) is 90.9 Å². The largest absolute Gasteiger partial charge is 0.493 e. The van der Waals surface area contributed by atoms with E-state index in [1.54, 1.807) is 25.1 Å². The molecule has 1 aromatic rings. The number of hydrogen-bond acceptors (Lipinski definition) is 7. The summed E-state index contributed by atoms with van der Waals surface area (Å²) in [5.41, 5.74) is 3.21. The van der Waals surface area contributed by atoms with E-state index in [1.165, 1.54) is 14.0 Å². The number of rotatable bonds is 5. The van der Waals surface area contributed by atoms with Crippen LogP contribution in [0, 0.1) is 0 Å². The Kier molecular flexibility index (Phi) is 6.06. The maximum Gasteiger partial charge on any atom is 0.336 e. The van der Waals surface area contributed by atoms with Crippen molar-refractivity contribution in [2.45, 2.75) is 46.0 Å². The van der Waals surface area contributed by atoms with Gasteiger partial charge < -0.3 is 19.5 Å². The molecule has 0 fully saturated rings. The van der Waals surface area contributed by atoms with Crippen LogP contribution in [0.5, 0.6) is 11.5 Å². The van der Waals surface area contributed by atoms with Gasteiger partial charge in [0, 0.05) is 36.2 Å². The van der Waals surface area contributed by atoms with Crippen molar-refractivity contribution in [1.29, 1.82) is 0 Å². The second-order valence-corrected chi connectivity index (χ2v) is 6.99. The summed E-state index contributed by atoms with van der Waals surface area (Å²) in [4.78, 5) is 37.0. The summed E-state index contributed by atoms with van der Waals surface area (Å²) in [5, 5.41) is 3.24. The van der Waals surface area contributed by atoms with Crippen molar-refractivity contribution >= 4 is 17.7 Å². The van der Waals surface area contributed by atoms with E-state index in [4.69, 9.17) is 14.2 Å². The van der Waals surface area contributed by atoms with Crippen molar-refractivity contribution in [1.82, 2.24) is 5.32 Å². The summed E-state index contributed by atoms with van der Waals surface area (Å²) in [7, 11) is 1.47. The standard InChI is InChI=1S/C22H25NO6/c1-5-28-22(26)19-12(2)23-15-7-6-8-16(25)21(15)20(19)14-9-10-17(29-13(3)24)18(11-14)27-4/h9-11,20,23H,5-8H2,1-4H3. The molecule has 1 heterocycles. The van der Waals surface area contributed by atoms with Crippen LogP contribution in [0.4, 0.5) is 0 Å². The van der Waals surface area contributed by atoms with Gasteiger partial charge in [-0.05, 0) is 44.4 Å². The van der Waals surface area contributed by atoms with Gasteiger partial charge in [0.1, 0.15) is 0 Å². The van der Waals surface area contributed by atoms with Crippen molar-refractivity contribution in [3.8, 4) is 11.5 Å². The molecule has 0 bridgehead atoms. The van der Waals surface area contributed by atoms with Crippen LogP contribution in [0.3, 0.4) is 0 Å². The zero-order chi connectivity index (χ0) is 21.1. The highest BCUT2D eigenvalue weighted by Crippen LogP contribution is 2.44. The van der Waals surface area contributed by atoms with E-state index in [-0.39, 0.29) is 18.1 Å². The SMILES string of the molecule is CCOC(=O)C1=C(C)NC2=C(C(=O)CCC2)C1c1ccc(OC(C)=O)c(OC)c1. The van der Waals surface area contributed by atoms with Crippen LogP contribution in [-0.4, -0.2) is 31.4 Å². The molecule has 7 nitrogen and oxygen atoms in total. The number of ketones is 1. The van der Waals surface area contributed by atoms with E-state index < -0.39 is 17.9 Å². The predicted octanol–water partition coefficient (Wildman–Crippen LogP) is 3.15. The molecule has 0 spiro atoms. The summed E-state index contributed by atoms with van der Waals surface area (Å²) in [5.74, 6) is -0.856. The lowest BCUT2D eigenvalue weighted by Crippen LogP contribution is -2.34. The second-order valence-electron chi connectivity index (χ2n) is 6.99. The van der Waals surface area contributed by atoms with Crippen molar-refractivity contribution in [3.05, 3.63) is 46.3 Å². The number of hydrogen-bond donors (Lipinski definition) is 1. The normalized spacial score (nSPS) is 18.8. The summed E-state index contributed by atoms with van der Waals surface area (Å²) in [6, 6.07) is 5.06. The van der Waals surface area contributed by atoms with Crippen LogP contribution in [0.25, 0.3) is 0 Å². The van der Waals surface area contributed by atoms with E-state index >= 15 is 0 Å². The van der Waals surface area contributed by atoms with Crippen LogP contribution in [0.1, 0.15) is 51.5 Å². The number of ether oxygens (including phenoxy) is 3. The van der Waals surface area contributed by atoms with Gasteiger partial charge in [-0.2, -0.15) is 0 Å². The molecule has 7 heteroatoms. The first-order chi connectivity index (χ1) is 13.9. The lowest BCUT2D eigenvalue weighted by molar-refractivity contribution is -0.139. The number of carbonyl (C=O) groups excluding carboxylic acids is 3. The smallest absolute Gasteiger partial charge is 0.336 e. The van der Waals surface area contributed by atoms with Crippen LogP contribution >= 0.6 is 0 Å². The first-order valence-electron chi connectivity index (χ1n) is 9.64. The molecular weight excluding hydrogens is 374 g/mol. The zero-order valence-electron chi connectivity index (χ0n) is 17.1. The Morgan fingerprint density at radius 3 is 2.62 bits per heavy atom. The maximum atomic E-state index is 12.8. The summed E-state index contributed by atoms with van der Waals surface area (Å²) < 4.78 is 15.8. The fourth-order valence-corrected chi connectivity index (χ4v) is 3.90. The minimum Gasteiger partial charge on any atom is -0.493 e. The minimum atomic E-state index is -0.571. The Morgan fingerprint density at radius 2 is 1.97 bits per heavy atom. The monoisotopic (exact) mass is 399 g/mol. The Balaban J connectivity index is 2.16. The molecule has 1 N–H and O–H groups in total. The number of Topliss-reactive ketones (excluding diaryl/α,β-unsaturated/α-hetero) is 1. The molecule has 0 aromatic heterocycles. The van der Waals surface area contributed by atoms with E-state index in [0.29, 0.717) is 34.6 Å². The Morgan fingerprint density at radius 1 is 1.21 bits per heavy atom. The number of dihydropyridines is 1. The van der Waals surface area contributed by atoms with Gasteiger partial charge >= 0.3 is 11.9 Å². The molecule has 1 atom stereocenters. The third kappa shape index (κ3) is 4.04. The average Bonchev–Trinajstić information content (AvgIpc) is 2.67. The van der Waals surface area contributed by atoms with Gasteiger partial charge in [-0.1, -0.05) is 6.07 Å². The molecule has 1 aliphatic carbocycles. The van der Waals surface area contributed by atoms with E-state index in [0.717, 1.165) is 18.5 Å². The van der Waals surface area contributed by atoms with Gasteiger partial charge in [-0.15, -0.1) is 0 Å². The Hall–Kier alpha value is -3.09. The second kappa shape index (κ2) is 8.51. The lowest BCUT2D eigenvalue weighted by Gasteiger charge is -2.34. The highest BCUT2D eigenvalue weighted by atomic mass is 16.6. The van der Waals surface area contributed by atoms with Gasteiger partial charge in [-0.3, -0.25) is 9.59 Å². The molecule has 1 aromatic carbocycles. The number of carbonyl (C=O) groups is 3. The van der Waals surface area contributed by atoms with E-state index in [9.17, 15) is 14.4 Å². The zero-order valence-corrected chi connectivity index (χ0v) is 17.1. The van der Waals surface area contributed by atoms with Crippen molar-refractivity contribution in [2.75, 3.05) is 13.7 Å². The summed E-state index contributed by atoms with van der Waals surface area (Å²) in [6.07, 6.45) is 1.95. The molecule has 1 aliphatic heterocycles. The number of esters is 2. The fourth-order valence-electron chi connectivity index (χ4n) is 3.90. The molecular formula is C22H25NO6. The molecule has 154 valence electrons. The van der Waals surface area contributed by atoms with E-state index in [1.807, 2.05) is 6.92 Å². The molecule has 1 unspecified atom stereocenters. The molecule has 3 rings (SSSR count). The maximum absolute atomic E-state index is 12.8. The first kappa shape index (κ1) is 20.6. The van der Waals surface area contributed by atoms with Gasteiger partial charge in [0.2, 0.25) is 0 Å². The summed E-state index contributed by atoms with van der Waals surface area (Å²) >= 11 is 0. The number of allylic oxidation sites excluding steroid dienone is 3. The van der Waals surface area contributed by atoms with Crippen molar-refractivity contribution in [3.63, 3.8) is 0 Å². The van der Waals surface area contributed by atoms with Crippen molar-refractivity contribution < 1.29 is 28.6 Å². The predicted molar refractivity (Wildman–Crippen MR) is 105 cm³/mol. The van der Waals surface area contributed by atoms with Gasteiger partial charge in [-0.25, -0.2) is 4.79 Å². The van der Waals surface area contributed by atoms with E-state index in [2.05, 4.69) is 5.32 Å². The highest BCUT2D eigenvalue weighted by molar-refractivity contribution is 6.03. The molecule has 29 heavy (non-hydrogen) atoms. The molecule has 0 saturated carbocycles. The Bertz CT molecular complexity index is 927. The van der Waals surface area contributed by atoms with Crippen LogP contribution < -0.4 is 14.8 Å². The van der Waals surface area contributed by atoms with Gasteiger partial charge in [0.05, 0.1) is 19.3 Å². The molecule has 0 saturated heterocycles. The van der Waals surface area contributed by atoms with Gasteiger partial charge in [0.25, 0.3) is 0 Å². The third-order valence-electron chi connectivity index (χ3n) is 5.05. The van der Waals surface area contributed by atoms with Crippen LogP contribution in [0.2, 0.25) is 0 Å². The average molecular weight is 399 g/mol. The number of benzene rings is 1. The molecule has 0 amide bonds. The lowest BCUT2D eigenvalue weighted by atomic mass is 9.75. The molecule has 2 aliphatic rings. The third-order valence-corrected chi connectivity index (χ3v) is 5.05. The number of nitrogens with one attached hydrogen (secondary N) is 1. The quantitative estimate of drug-likeness (QED) is 0.601. The van der Waals surface area contributed by atoms with Crippen LogP contribution in [0.15, 0.2) is 40.7 Å².